The van der Waals surface area contributed by atoms with Crippen molar-refractivity contribution in [1.29, 1.82) is 0 Å². The summed E-state index contributed by atoms with van der Waals surface area (Å²) in [6.45, 7) is 5.16. The number of carbonyl (C=O) groups excluding carboxylic acids is 1. The first-order chi connectivity index (χ1) is 15.0. The fraction of sp³-hybridized carbons (Fsp3) is 0.292. The Kier molecular flexibility index (Phi) is 6.51. The van der Waals surface area contributed by atoms with Crippen molar-refractivity contribution >= 4 is 29.2 Å². The fourth-order valence-corrected chi connectivity index (χ4v) is 4.56. The summed E-state index contributed by atoms with van der Waals surface area (Å²) >= 11 is 1.58. The predicted molar refractivity (Wildman–Crippen MR) is 122 cm³/mol. The third-order valence-electron chi connectivity index (χ3n) is 5.40. The van der Waals surface area contributed by atoms with Crippen molar-refractivity contribution in [1.82, 2.24) is 9.97 Å². The van der Waals surface area contributed by atoms with Gasteiger partial charge in [0.25, 0.3) is 0 Å². The molecular formula is C24H25FN4OS. The molecule has 4 rings (SSSR count). The van der Waals surface area contributed by atoms with Crippen molar-refractivity contribution < 1.29 is 9.18 Å². The molecule has 1 aliphatic heterocycles. The molecule has 1 aliphatic rings. The largest absolute Gasteiger partial charge is 0.354 e. The highest BCUT2D eigenvalue weighted by atomic mass is 32.2. The second-order valence-electron chi connectivity index (χ2n) is 7.84. The summed E-state index contributed by atoms with van der Waals surface area (Å²) in [6.07, 6.45) is 5.10. The first-order valence-corrected chi connectivity index (χ1v) is 11.2. The summed E-state index contributed by atoms with van der Waals surface area (Å²) in [5.74, 6) is 0.317. The fourth-order valence-electron chi connectivity index (χ4n) is 3.68. The highest BCUT2D eigenvalue weighted by Crippen LogP contribution is 2.34. The Balaban J connectivity index is 1.47. The van der Waals surface area contributed by atoms with Gasteiger partial charge in [-0.15, -0.1) is 0 Å². The maximum Gasteiger partial charge on any atom is 0.229 e. The SMILES string of the molecule is Cc1ccc(Sc2nccnc2N2CCC[C@@H](C(=O)Nc3ccc(F)c(C)c3)C2)cc1. The number of benzene rings is 2. The first-order valence-electron chi connectivity index (χ1n) is 10.4. The van der Waals surface area contributed by atoms with Crippen LogP contribution in [0, 0.1) is 25.6 Å². The molecule has 0 bridgehead atoms. The number of anilines is 2. The molecule has 31 heavy (non-hydrogen) atoms. The average Bonchev–Trinajstić information content (AvgIpc) is 2.78. The van der Waals surface area contributed by atoms with E-state index in [2.05, 4.69) is 51.4 Å². The van der Waals surface area contributed by atoms with Crippen LogP contribution in [0.5, 0.6) is 0 Å². The van der Waals surface area contributed by atoms with Gasteiger partial charge in [0, 0.05) is 36.1 Å². The first kappa shape index (κ1) is 21.3. The number of nitrogens with one attached hydrogen (secondary N) is 1. The van der Waals surface area contributed by atoms with Crippen molar-refractivity contribution in [2.45, 2.75) is 36.6 Å². The van der Waals surface area contributed by atoms with Gasteiger partial charge < -0.3 is 10.2 Å². The predicted octanol–water partition coefficient (Wildman–Crippen LogP) is 5.24. The lowest BCUT2D eigenvalue weighted by Crippen LogP contribution is -2.41. The van der Waals surface area contributed by atoms with E-state index in [0.29, 0.717) is 17.8 Å². The normalized spacial score (nSPS) is 16.2. The lowest BCUT2D eigenvalue weighted by molar-refractivity contribution is -0.120. The third kappa shape index (κ3) is 5.22. The van der Waals surface area contributed by atoms with Gasteiger partial charge in [-0.2, -0.15) is 0 Å². The Hall–Kier alpha value is -2.93. The van der Waals surface area contributed by atoms with Crippen molar-refractivity contribution in [3.63, 3.8) is 0 Å². The minimum atomic E-state index is -0.275. The van der Waals surface area contributed by atoms with E-state index >= 15 is 0 Å². The smallest absolute Gasteiger partial charge is 0.229 e. The van der Waals surface area contributed by atoms with Gasteiger partial charge in [0.05, 0.1) is 5.92 Å². The second-order valence-corrected chi connectivity index (χ2v) is 8.90. The van der Waals surface area contributed by atoms with E-state index in [0.717, 1.165) is 35.1 Å². The van der Waals surface area contributed by atoms with Crippen LogP contribution in [0.4, 0.5) is 15.9 Å². The van der Waals surface area contributed by atoms with E-state index in [9.17, 15) is 9.18 Å². The number of amides is 1. The zero-order chi connectivity index (χ0) is 21.8. The van der Waals surface area contributed by atoms with E-state index < -0.39 is 0 Å². The monoisotopic (exact) mass is 436 g/mol. The van der Waals surface area contributed by atoms with Crippen molar-refractivity contribution in [2.75, 3.05) is 23.3 Å². The molecule has 1 fully saturated rings. The van der Waals surface area contributed by atoms with Crippen LogP contribution in [0.2, 0.25) is 0 Å². The number of halogens is 1. The second kappa shape index (κ2) is 9.47. The maximum absolute atomic E-state index is 13.5. The van der Waals surface area contributed by atoms with Gasteiger partial charge in [-0.05, 0) is 62.6 Å². The summed E-state index contributed by atoms with van der Waals surface area (Å²) in [4.78, 5) is 25.3. The summed E-state index contributed by atoms with van der Waals surface area (Å²) in [5, 5.41) is 3.77. The van der Waals surface area contributed by atoms with Crippen molar-refractivity contribution in [3.8, 4) is 0 Å². The topological polar surface area (TPSA) is 58.1 Å². The number of nitrogens with zero attached hydrogens (tertiary/aromatic N) is 3. The Morgan fingerprint density at radius 3 is 2.68 bits per heavy atom. The van der Waals surface area contributed by atoms with Gasteiger partial charge in [-0.3, -0.25) is 4.79 Å². The molecule has 0 radical (unpaired) electrons. The van der Waals surface area contributed by atoms with Crippen LogP contribution >= 0.6 is 11.8 Å². The number of hydrogen-bond donors (Lipinski definition) is 1. The van der Waals surface area contributed by atoms with Gasteiger partial charge in [-0.1, -0.05) is 29.5 Å². The van der Waals surface area contributed by atoms with Crippen LogP contribution in [-0.2, 0) is 4.79 Å². The highest BCUT2D eigenvalue weighted by molar-refractivity contribution is 7.99. The standard InChI is InChI=1S/C24H25FN4OS/c1-16-5-8-20(9-6-16)31-24-22(26-11-12-27-24)29-13-3-4-18(15-29)23(30)28-19-7-10-21(25)17(2)14-19/h5-12,14,18H,3-4,13,15H2,1-2H3,(H,28,30)/t18-/m1/s1. The van der Waals surface area contributed by atoms with E-state index in [1.54, 1.807) is 43.2 Å². The van der Waals surface area contributed by atoms with Crippen LogP contribution in [0.25, 0.3) is 0 Å². The minimum absolute atomic E-state index is 0.0488. The lowest BCUT2D eigenvalue weighted by Gasteiger charge is -2.33. The molecule has 7 heteroatoms. The van der Waals surface area contributed by atoms with Crippen molar-refractivity contribution in [2.24, 2.45) is 5.92 Å². The van der Waals surface area contributed by atoms with Gasteiger partial charge in [0.2, 0.25) is 5.91 Å². The number of hydrogen-bond acceptors (Lipinski definition) is 5. The molecule has 1 aromatic heterocycles. The number of rotatable bonds is 5. The van der Waals surface area contributed by atoms with Gasteiger partial charge >= 0.3 is 0 Å². The van der Waals surface area contributed by atoms with E-state index in [1.807, 2.05) is 0 Å². The van der Waals surface area contributed by atoms with Gasteiger partial charge in [0.15, 0.2) is 5.82 Å². The van der Waals surface area contributed by atoms with E-state index in [4.69, 9.17) is 0 Å². The third-order valence-corrected chi connectivity index (χ3v) is 6.39. The Morgan fingerprint density at radius 1 is 1.13 bits per heavy atom. The van der Waals surface area contributed by atoms with Crippen molar-refractivity contribution in [3.05, 3.63) is 71.8 Å². The Bertz CT molecular complexity index is 1070. The van der Waals surface area contributed by atoms with Gasteiger partial charge in [0.1, 0.15) is 10.8 Å². The molecule has 1 atom stereocenters. The molecule has 2 aromatic carbocycles. The van der Waals surface area contributed by atoms with E-state index in [1.165, 1.54) is 11.6 Å². The summed E-state index contributed by atoms with van der Waals surface area (Å²) in [7, 11) is 0. The number of carbonyl (C=O) groups is 1. The van der Waals surface area contributed by atoms with Crippen LogP contribution < -0.4 is 10.2 Å². The Labute approximate surface area is 186 Å². The molecule has 3 aromatic rings. The quantitative estimate of drug-likeness (QED) is 0.593. The molecule has 160 valence electrons. The molecule has 5 nitrogen and oxygen atoms in total. The molecule has 0 spiro atoms. The molecule has 0 unspecified atom stereocenters. The van der Waals surface area contributed by atoms with Crippen LogP contribution in [0.1, 0.15) is 24.0 Å². The minimum Gasteiger partial charge on any atom is -0.354 e. The maximum atomic E-state index is 13.5. The Morgan fingerprint density at radius 2 is 1.90 bits per heavy atom. The van der Waals surface area contributed by atoms with Gasteiger partial charge in [-0.25, -0.2) is 14.4 Å². The molecule has 1 N–H and O–H groups in total. The summed E-state index contributed by atoms with van der Waals surface area (Å²) < 4.78 is 13.5. The van der Waals surface area contributed by atoms with Crippen LogP contribution in [0.3, 0.4) is 0 Å². The zero-order valence-electron chi connectivity index (χ0n) is 17.6. The number of aryl methyl sites for hydroxylation is 2. The van der Waals surface area contributed by atoms with Crippen LogP contribution in [-0.4, -0.2) is 29.0 Å². The van der Waals surface area contributed by atoms with Crippen LogP contribution in [0.15, 0.2) is 64.8 Å². The molecule has 1 amide bonds. The zero-order valence-corrected chi connectivity index (χ0v) is 18.5. The molecule has 0 aliphatic carbocycles. The highest BCUT2D eigenvalue weighted by Gasteiger charge is 2.28. The molecule has 2 heterocycles. The summed E-state index contributed by atoms with van der Waals surface area (Å²) in [6, 6.07) is 13.0. The molecule has 1 saturated heterocycles. The molecular weight excluding hydrogens is 411 g/mol. The summed E-state index contributed by atoms with van der Waals surface area (Å²) in [5.41, 5.74) is 2.35. The van der Waals surface area contributed by atoms with E-state index in [-0.39, 0.29) is 17.6 Å². The number of piperidine rings is 1. The average molecular weight is 437 g/mol. The number of aromatic nitrogens is 2. The molecule has 0 saturated carbocycles. The lowest BCUT2D eigenvalue weighted by atomic mass is 9.97.